The molecule has 3 N–H and O–H groups in total. The van der Waals surface area contributed by atoms with Crippen molar-refractivity contribution in [1.29, 1.82) is 0 Å². The molecule has 0 heterocycles. The van der Waals surface area contributed by atoms with E-state index in [1.165, 1.54) is 11.9 Å². The number of unbranched alkanes of at least 4 members (excludes halogenated alkanes) is 1. The molecule has 4 amide bonds. The second-order valence-electron chi connectivity index (χ2n) is 13.7. The lowest BCUT2D eigenvalue weighted by molar-refractivity contribution is -0.164. The molecule has 0 unspecified atom stereocenters. The molecule has 0 fully saturated rings. The van der Waals surface area contributed by atoms with E-state index in [9.17, 15) is 24.0 Å². The third-order valence-electron chi connectivity index (χ3n) is 8.12. The number of rotatable bonds is 17. The van der Waals surface area contributed by atoms with Gasteiger partial charge in [0.2, 0.25) is 11.9 Å². The van der Waals surface area contributed by atoms with Gasteiger partial charge in [0.25, 0.3) is 0 Å². The van der Waals surface area contributed by atoms with Crippen LogP contribution < -0.4 is 11.1 Å². The summed E-state index contributed by atoms with van der Waals surface area (Å²) in [5.41, 5.74) is 7.57. The molecule has 0 bridgehead atoms. The van der Waals surface area contributed by atoms with Crippen molar-refractivity contribution >= 4 is 36.1 Å². The number of hydrogen-bond acceptors (Lipinski definition) is 9. The molecule has 3 aromatic carbocycles. The fourth-order valence-corrected chi connectivity index (χ4v) is 5.26. The van der Waals surface area contributed by atoms with Crippen molar-refractivity contribution in [3.63, 3.8) is 0 Å². The standard InChI is InChI=1S/C41H53N5O9/c1-6-7-25-34(36(48)55-41(2,3)4)45(5)35(47)33(43-38(49)52-27-30-18-11-8-12-19-30)24-17-26-46(40(51)54-29-32-22-15-10-16-23-32)37(42)44-39(50)53-28-31-20-13-9-14-21-31/h8-16,18-23,33-34H,6-7,17,24-29H2,1-5H3,(H,43,49)(H2,42,44,50)/t33-,34-/m0/s1. The van der Waals surface area contributed by atoms with Crippen LogP contribution in [0.3, 0.4) is 0 Å². The number of alkyl carbamates (subject to hydrolysis) is 1. The van der Waals surface area contributed by atoms with Gasteiger partial charge in [0.15, 0.2) is 0 Å². The molecule has 2 atom stereocenters. The number of nitrogens with zero attached hydrogens (tertiary/aromatic N) is 3. The van der Waals surface area contributed by atoms with Gasteiger partial charge in [-0.15, -0.1) is 4.99 Å². The summed E-state index contributed by atoms with van der Waals surface area (Å²) in [6.07, 6.45) is -1.01. The first kappa shape index (κ1) is 43.5. The van der Waals surface area contributed by atoms with Gasteiger partial charge < -0.3 is 34.9 Å². The first-order chi connectivity index (χ1) is 26.3. The van der Waals surface area contributed by atoms with Crippen LogP contribution >= 0.6 is 0 Å². The second-order valence-corrected chi connectivity index (χ2v) is 13.7. The van der Waals surface area contributed by atoms with Crippen LogP contribution in [0.25, 0.3) is 0 Å². The topological polar surface area (TPSA) is 179 Å². The summed E-state index contributed by atoms with van der Waals surface area (Å²) in [5, 5.41) is 2.63. The number of nitrogens with two attached hydrogens (primary N) is 1. The van der Waals surface area contributed by atoms with Crippen molar-refractivity contribution in [1.82, 2.24) is 15.1 Å². The molecule has 55 heavy (non-hydrogen) atoms. The quantitative estimate of drug-likeness (QED) is 0.0650. The normalized spacial score (nSPS) is 12.4. The predicted molar refractivity (Wildman–Crippen MR) is 206 cm³/mol. The van der Waals surface area contributed by atoms with Gasteiger partial charge in [0.05, 0.1) is 0 Å². The third kappa shape index (κ3) is 15.9. The van der Waals surface area contributed by atoms with E-state index in [0.29, 0.717) is 18.4 Å². The third-order valence-corrected chi connectivity index (χ3v) is 8.12. The number of carbonyl (C=O) groups is 5. The summed E-state index contributed by atoms with van der Waals surface area (Å²) in [6, 6.07) is 24.8. The molecule has 0 saturated heterocycles. The molecule has 14 nitrogen and oxygen atoms in total. The molecule has 14 heteroatoms. The average Bonchev–Trinajstić information content (AvgIpc) is 3.16. The maximum Gasteiger partial charge on any atom is 0.437 e. The minimum atomic E-state index is -1.20. The molecular weight excluding hydrogens is 706 g/mol. The van der Waals surface area contributed by atoms with Gasteiger partial charge in [-0.05, 0) is 56.7 Å². The molecule has 296 valence electrons. The lowest BCUT2D eigenvalue weighted by atomic mass is 10.0. The number of ether oxygens (including phenoxy) is 4. The Labute approximate surface area is 323 Å². The van der Waals surface area contributed by atoms with E-state index in [1.54, 1.807) is 93.6 Å². The van der Waals surface area contributed by atoms with E-state index < -0.39 is 53.8 Å². The molecular formula is C41H53N5O9. The minimum Gasteiger partial charge on any atom is -0.458 e. The van der Waals surface area contributed by atoms with Gasteiger partial charge in [-0.25, -0.2) is 24.1 Å². The number of amides is 4. The lowest BCUT2D eigenvalue weighted by Gasteiger charge is -2.32. The van der Waals surface area contributed by atoms with Gasteiger partial charge in [0, 0.05) is 13.6 Å². The van der Waals surface area contributed by atoms with E-state index in [0.717, 1.165) is 22.4 Å². The highest BCUT2D eigenvalue weighted by Crippen LogP contribution is 2.18. The zero-order chi connectivity index (χ0) is 40.2. The zero-order valence-corrected chi connectivity index (χ0v) is 32.3. The van der Waals surface area contributed by atoms with Crippen LogP contribution in [0.1, 0.15) is 76.5 Å². The Kier molecular flexibility index (Phi) is 17.7. The second kappa shape index (κ2) is 22.3. The maximum atomic E-state index is 14.1. The molecule has 3 aromatic rings. The molecule has 0 aliphatic rings. The number of guanidine groups is 1. The Morgan fingerprint density at radius 1 is 0.745 bits per heavy atom. The van der Waals surface area contributed by atoms with Crippen LogP contribution in [0, 0.1) is 0 Å². The smallest absolute Gasteiger partial charge is 0.437 e. The Balaban J connectivity index is 1.82. The van der Waals surface area contributed by atoms with E-state index in [1.807, 2.05) is 25.1 Å². The van der Waals surface area contributed by atoms with Crippen LogP contribution in [0.5, 0.6) is 0 Å². The first-order valence-electron chi connectivity index (χ1n) is 18.3. The summed E-state index contributed by atoms with van der Waals surface area (Å²) >= 11 is 0. The number of esters is 1. The SMILES string of the molecule is CCCC[C@@H](C(=O)OC(C)(C)C)N(C)C(=O)[C@H](CCCN(C(=O)OCc1ccccc1)/C(N)=N\C(=O)OCc1ccccc1)NC(=O)OCc1ccccc1. The highest BCUT2D eigenvalue weighted by atomic mass is 16.6. The predicted octanol–water partition coefficient (Wildman–Crippen LogP) is 6.71. The molecule has 0 aliphatic carbocycles. The zero-order valence-electron chi connectivity index (χ0n) is 32.3. The molecule has 3 rings (SSSR count). The Morgan fingerprint density at radius 3 is 1.76 bits per heavy atom. The number of benzene rings is 3. The highest BCUT2D eigenvalue weighted by Gasteiger charge is 2.35. The van der Waals surface area contributed by atoms with Gasteiger partial charge in [-0.2, -0.15) is 0 Å². The molecule has 0 radical (unpaired) electrons. The molecule has 0 spiro atoms. The average molecular weight is 760 g/mol. The number of carbonyl (C=O) groups excluding carboxylic acids is 5. The first-order valence-corrected chi connectivity index (χ1v) is 18.3. The van der Waals surface area contributed by atoms with Crippen molar-refractivity contribution in [2.24, 2.45) is 10.7 Å². The van der Waals surface area contributed by atoms with Crippen molar-refractivity contribution in [2.45, 2.75) is 97.3 Å². The van der Waals surface area contributed by atoms with Crippen molar-refractivity contribution in [2.75, 3.05) is 13.6 Å². The van der Waals surface area contributed by atoms with E-state index in [-0.39, 0.29) is 39.2 Å². The Bertz CT molecular complexity index is 1700. The minimum absolute atomic E-state index is 0.0351. The fourth-order valence-electron chi connectivity index (χ4n) is 5.26. The van der Waals surface area contributed by atoms with Crippen molar-refractivity contribution in [3.8, 4) is 0 Å². The summed E-state index contributed by atoms with van der Waals surface area (Å²) < 4.78 is 21.8. The number of nitrogens with one attached hydrogen (secondary N) is 1. The molecule has 0 saturated carbocycles. The largest absolute Gasteiger partial charge is 0.458 e. The van der Waals surface area contributed by atoms with Crippen LogP contribution in [-0.4, -0.2) is 77.2 Å². The Morgan fingerprint density at radius 2 is 1.25 bits per heavy atom. The number of aliphatic imine (C=N–C) groups is 1. The van der Waals surface area contributed by atoms with Crippen LogP contribution in [0.15, 0.2) is 96.0 Å². The van der Waals surface area contributed by atoms with Crippen LogP contribution in [0.4, 0.5) is 14.4 Å². The van der Waals surface area contributed by atoms with Crippen molar-refractivity contribution in [3.05, 3.63) is 108 Å². The lowest BCUT2D eigenvalue weighted by Crippen LogP contribution is -2.53. The van der Waals surface area contributed by atoms with E-state index in [4.69, 9.17) is 24.7 Å². The number of hydrogen-bond donors (Lipinski definition) is 2. The molecule has 0 aromatic heterocycles. The van der Waals surface area contributed by atoms with E-state index >= 15 is 0 Å². The van der Waals surface area contributed by atoms with Crippen molar-refractivity contribution < 1.29 is 42.9 Å². The van der Waals surface area contributed by atoms with Gasteiger partial charge in [-0.1, -0.05) is 111 Å². The van der Waals surface area contributed by atoms with Gasteiger partial charge in [0.1, 0.15) is 37.5 Å². The van der Waals surface area contributed by atoms with Crippen LogP contribution in [0.2, 0.25) is 0 Å². The van der Waals surface area contributed by atoms with Crippen LogP contribution in [-0.2, 0) is 48.4 Å². The fraction of sp³-hybridized carbons (Fsp3) is 0.415. The highest BCUT2D eigenvalue weighted by molar-refractivity contribution is 5.98. The Hall–Kier alpha value is -5.92. The maximum absolute atomic E-state index is 14.1. The summed E-state index contributed by atoms with van der Waals surface area (Å²) in [4.78, 5) is 72.5. The monoisotopic (exact) mass is 759 g/mol. The summed E-state index contributed by atoms with van der Waals surface area (Å²) in [7, 11) is 1.48. The molecule has 0 aliphatic heterocycles. The number of likely N-dealkylation sites (N-methyl/N-ethyl adjacent to an activating group) is 1. The van der Waals surface area contributed by atoms with Gasteiger partial charge >= 0.3 is 24.2 Å². The van der Waals surface area contributed by atoms with E-state index in [2.05, 4.69) is 10.3 Å². The summed E-state index contributed by atoms with van der Waals surface area (Å²) in [6.45, 7) is 6.81. The van der Waals surface area contributed by atoms with Gasteiger partial charge in [-0.3, -0.25) is 4.79 Å². The summed E-state index contributed by atoms with van der Waals surface area (Å²) in [5.74, 6) is -1.64.